The predicted octanol–water partition coefficient (Wildman–Crippen LogP) is 9.79. The van der Waals surface area contributed by atoms with E-state index in [1.54, 1.807) is 0 Å². The standard InChI is InChI=1S/C36H40F2/c1-3-5-7-8-9-10-11-12-14-30-17-21-32(22-18-30)24-26-34-28-35(37)33(27-36(34)38)25-23-31-19-15-29(16-20-31)13-6-4-2/h15-22,27-28H,3-14H2,1-2H3. The summed E-state index contributed by atoms with van der Waals surface area (Å²) < 4.78 is 29.3. The van der Waals surface area contributed by atoms with E-state index in [1.165, 1.54) is 62.5 Å². The SMILES string of the molecule is CCCCCCCCCCc1ccc(C#Cc2cc(F)c(C#Cc3ccc(CCCC)cc3)cc2F)cc1. The number of rotatable bonds is 12. The molecule has 0 fully saturated rings. The minimum atomic E-state index is -0.566. The fourth-order valence-corrected chi connectivity index (χ4v) is 4.37. The highest BCUT2D eigenvalue weighted by Crippen LogP contribution is 2.16. The number of halogens is 2. The molecule has 0 amide bonds. The lowest BCUT2D eigenvalue weighted by atomic mass is 10.0. The molecule has 0 aliphatic carbocycles. The number of benzene rings is 3. The highest BCUT2D eigenvalue weighted by atomic mass is 19.1. The van der Waals surface area contributed by atoms with Gasteiger partial charge in [-0.05, 0) is 73.2 Å². The fourth-order valence-electron chi connectivity index (χ4n) is 4.37. The maximum Gasteiger partial charge on any atom is 0.140 e. The van der Waals surface area contributed by atoms with E-state index >= 15 is 0 Å². The Morgan fingerprint density at radius 2 is 0.868 bits per heavy atom. The first-order valence-electron chi connectivity index (χ1n) is 14.3. The van der Waals surface area contributed by atoms with E-state index in [9.17, 15) is 8.78 Å². The van der Waals surface area contributed by atoms with Crippen LogP contribution in [0.2, 0.25) is 0 Å². The van der Waals surface area contributed by atoms with Crippen LogP contribution in [0.5, 0.6) is 0 Å². The van der Waals surface area contributed by atoms with E-state index in [0.717, 1.165) is 48.9 Å². The Morgan fingerprint density at radius 3 is 1.32 bits per heavy atom. The Hall–Kier alpha value is -3.36. The summed E-state index contributed by atoms with van der Waals surface area (Å²) in [5.74, 6) is 10.3. The number of hydrogen-bond acceptors (Lipinski definition) is 0. The van der Waals surface area contributed by atoms with Crippen LogP contribution >= 0.6 is 0 Å². The maximum atomic E-state index is 14.6. The molecule has 0 heterocycles. The van der Waals surface area contributed by atoms with Crippen LogP contribution in [0.25, 0.3) is 0 Å². The van der Waals surface area contributed by atoms with Crippen LogP contribution in [0.3, 0.4) is 0 Å². The molecule has 2 heteroatoms. The smallest absolute Gasteiger partial charge is 0.140 e. The topological polar surface area (TPSA) is 0 Å². The summed E-state index contributed by atoms with van der Waals surface area (Å²) in [7, 11) is 0. The van der Waals surface area contributed by atoms with Gasteiger partial charge in [0.25, 0.3) is 0 Å². The van der Waals surface area contributed by atoms with Gasteiger partial charge in [0.2, 0.25) is 0 Å². The van der Waals surface area contributed by atoms with E-state index < -0.39 is 11.6 Å². The maximum absolute atomic E-state index is 14.6. The minimum Gasteiger partial charge on any atom is -0.206 e. The Bertz CT molecular complexity index is 1250. The molecule has 0 aromatic heterocycles. The second-order valence-corrected chi connectivity index (χ2v) is 10.0. The molecule has 0 aliphatic rings. The van der Waals surface area contributed by atoms with Crippen LogP contribution in [-0.2, 0) is 12.8 Å². The van der Waals surface area contributed by atoms with Crippen molar-refractivity contribution in [3.05, 3.63) is 106 Å². The largest absolute Gasteiger partial charge is 0.206 e. The molecule has 0 saturated heterocycles. The molecule has 38 heavy (non-hydrogen) atoms. The minimum absolute atomic E-state index is 0.0356. The molecular weight excluding hydrogens is 470 g/mol. The highest BCUT2D eigenvalue weighted by Gasteiger charge is 2.07. The lowest BCUT2D eigenvalue weighted by molar-refractivity contribution is 0.575. The molecule has 0 aliphatic heterocycles. The third-order valence-electron chi connectivity index (χ3n) is 6.79. The zero-order chi connectivity index (χ0) is 27.0. The van der Waals surface area contributed by atoms with E-state index in [4.69, 9.17) is 0 Å². The summed E-state index contributed by atoms with van der Waals surface area (Å²) >= 11 is 0. The van der Waals surface area contributed by atoms with Gasteiger partial charge in [0, 0.05) is 11.1 Å². The quantitative estimate of drug-likeness (QED) is 0.168. The Balaban J connectivity index is 1.53. The van der Waals surface area contributed by atoms with Crippen molar-refractivity contribution in [2.45, 2.75) is 90.9 Å². The first-order valence-corrected chi connectivity index (χ1v) is 14.3. The van der Waals surface area contributed by atoms with Gasteiger partial charge in [-0.15, -0.1) is 0 Å². The number of aryl methyl sites for hydroxylation is 2. The normalized spacial score (nSPS) is 10.4. The lowest BCUT2D eigenvalue weighted by Gasteiger charge is -2.03. The van der Waals surface area contributed by atoms with Crippen molar-refractivity contribution >= 4 is 0 Å². The van der Waals surface area contributed by atoms with Crippen LogP contribution in [0.4, 0.5) is 8.78 Å². The highest BCUT2D eigenvalue weighted by molar-refractivity contribution is 5.49. The molecule has 0 unspecified atom stereocenters. The molecule has 3 aromatic rings. The van der Waals surface area contributed by atoms with Crippen molar-refractivity contribution in [1.82, 2.24) is 0 Å². The number of unbranched alkanes of at least 4 members (excludes halogenated alkanes) is 8. The summed E-state index contributed by atoms with van der Waals surface area (Å²) in [5, 5.41) is 0. The average Bonchev–Trinajstić information content (AvgIpc) is 2.94. The van der Waals surface area contributed by atoms with Gasteiger partial charge in [0.1, 0.15) is 11.6 Å². The van der Waals surface area contributed by atoms with Gasteiger partial charge >= 0.3 is 0 Å². The molecule has 3 rings (SSSR count). The molecule has 198 valence electrons. The van der Waals surface area contributed by atoms with Crippen molar-refractivity contribution in [3.63, 3.8) is 0 Å². The van der Waals surface area contributed by atoms with E-state index in [0.29, 0.717) is 0 Å². The molecule has 0 N–H and O–H groups in total. The van der Waals surface area contributed by atoms with Crippen molar-refractivity contribution in [2.75, 3.05) is 0 Å². The first-order chi connectivity index (χ1) is 18.6. The monoisotopic (exact) mass is 510 g/mol. The van der Waals surface area contributed by atoms with Crippen LogP contribution in [0, 0.1) is 35.3 Å². The van der Waals surface area contributed by atoms with Gasteiger partial charge in [-0.1, -0.05) is 113 Å². The summed E-state index contributed by atoms with van der Waals surface area (Å²) in [6.07, 6.45) is 14.9. The third-order valence-corrected chi connectivity index (χ3v) is 6.79. The van der Waals surface area contributed by atoms with Crippen molar-refractivity contribution in [2.24, 2.45) is 0 Å². The van der Waals surface area contributed by atoms with Crippen LogP contribution < -0.4 is 0 Å². The van der Waals surface area contributed by atoms with Gasteiger partial charge in [-0.2, -0.15) is 0 Å². The van der Waals surface area contributed by atoms with Crippen LogP contribution in [0.1, 0.15) is 111 Å². The summed E-state index contributed by atoms with van der Waals surface area (Å²) in [5.41, 5.74) is 4.19. The molecule has 0 bridgehead atoms. The third kappa shape index (κ3) is 10.2. The molecular formula is C36H40F2. The Labute approximate surface area is 228 Å². The fraction of sp³-hybridized carbons (Fsp3) is 0.389. The van der Waals surface area contributed by atoms with E-state index in [1.807, 2.05) is 36.4 Å². The van der Waals surface area contributed by atoms with E-state index in [-0.39, 0.29) is 11.1 Å². The Morgan fingerprint density at radius 1 is 0.474 bits per heavy atom. The van der Waals surface area contributed by atoms with Crippen LogP contribution in [0.15, 0.2) is 60.7 Å². The molecule has 0 atom stereocenters. The van der Waals surface area contributed by atoms with Crippen LogP contribution in [-0.4, -0.2) is 0 Å². The number of hydrogen-bond donors (Lipinski definition) is 0. The van der Waals surface area contributed by atoms with Gasteiger partial charge in [-0.25, -0.2) is 8.78 Å². The summed E-state index contributed by atoms with van der Waals surface area (Å²) in [4.78, 5) is 0. The molecule has 0 saturated carbocycles. The zero-order valence-electron chi connectivity index (χ0n) is 23.0. The van der Waals surface area contributed by atoms with Crippen molar-refractivity contribution in [3.8, 4) is 23.7 Å². The summed E-state index contributed by atoms with van der Waals surface area (Å²) in [6, 6.07) is 18.3. The van der Waals surface area contributed by atoms with E-state index in [2.05, 4.69) is 49.7 Å². The van der Waals surface area contributed by atoms with Gasteiger partial charge < -0.3 is 0 Å². The molecule has 0 radical (unpaired) electrons. The van der Waals surface area contributed by atoms with Crippen molar-refractivity contribution in [1.29, 1.82) is 0 Å². The second kappa shape index (κ2) is 16.5. The molecule has 3 aromatic carbocycles. The first kappa shape index (κ1) is 29.2. The summed E-state index contributed by atoms with van der Waals surface area (Å²) in [6.45, 7) is 4.42. The van der Waals surface area contributed by atoms with Gasteiger partial charge in [0.15, 0.2) is 0 Å². The lowest BCUT2D eigenvalue weighted by Crippen LogP contribution is -1.92. The predicted molar refractivity (Wildman–Crippen MR) is 156 cm³/mol. The molecule has 0 spiro atoms. The van der Waals surface area contributed by atoms with Gasteiger partial charge in [0.05, 0.1) is 11.1 Å². The van der Waals surface area contributed by atoms with Crippen molar-refractivity contribution < 1.29 is 8.78 Å². The Kier molecular flexibility index (Phi) is 12.7. The zero-order valence-corrected chi connectivity index (χ0v) is 23.0. The second-order valence-electron chi connectivity index (χ2n) is 10.0. The molecule has 0 nitrogen and oxygen atoms in total. The average molecular weight is 511 g/mol. The van der Waals surface area contributed by atoms with Gasteiger partial charge in [-0.3, -0.25) is 0 Å².